The molecular formula is C36H40ClN7O3. The summed E-state index contributed by atoms with van der Waals surface area (Å²) in [6, 6.07) is 9.91. The van der Waals surface area contributed by atoms with E-state index in [0.29, 0.717) is 41.1 Å². The Hall–Kier alpha value is -4.09. The van der Waals surface area contributed by atoms with Gasteiger partial charge in [0, 0.05) is 69.0 Å². The van der Waals surface area contributed by atoms with Crippen LogP contribution in [0.3, 0.4) is 0 Å². The topological polar surface area (TPSA) is 113 Å². The number of β-amino-alcohol motifs (C(OH)–C–C–N with tert-alkyl or cyclic N) is 1. The van der Waals surface area contributed by atoms with E-state index in [9.17, 15) is 9.90 Å². The highest BCUT2D eigenvalue weighted by Gasteiger charge is 2.26. The number of hydrogen-bond acceptors (Lipinski definition) is 8. The third-order valence-corrected chi connectivity index (χ3v) is 9.77. The third kappa shape index (κ3) is 6.18. The molecular weight excluding hydrogens is 614 g/mol. The molecule has 10 nitrogen and oxygen atoms in total. The fourth-order valence-electron chi connectivity index (χ4n) is 7.02. The van der Waals surface area contributed by atoms with Gasteiger partial charge in [-0.05, 0) is 87.2 Å². The van der Waals surface area contributed by atoms with Crippen molar-refractivity contribution >= 4 is 34.3 Å². The fraction of sp³-hybridized carbons (Fsp3) is 0.389. The number of oxazole rings is 1. The van der Waals surface area contributed by atoms with Crippen LogP contribution in [-0.4, -0.2) is 72.6 Å². The normalized spacial score (nSPS) is 16.1. The van der Waals surface area contributed by atoms with Crippen LogP contribution < -0.4 is 5.32 Å². The molecule has 244 valence electrons. The Kier molecular flexibility index (Phi) is 8.61. The summed E-state index contributed by atoms with van der Waals surface area (Å²) in [5, 5.41) is 13.5. The van der Waals surface area contributed by atoms with Gasteiger partial charge in [-0.3, -0.25) is 19.6 Å². The molecule has 2 N–H and O–H groups in total. The van der Waals surface area contributed by atoms with E-state index in [1.807, 2.05) is 55.9 Å². The Morgan fingerprint density at radius 1 is 1.04 bits per heavy atom. The minimum Gasteiger partial charge on any atom is -0.434 e. The van der Waals surface area contributed by atoms with Gasteiger partial charge in [-0.25, -0.2) is 9.97 Å². The van der Waals surface area contributed by atoms with E-state index in [2.05, 4.69) is 26.2 Å². The third-order valence-electron chi connectivity index (χ3n) is 9.49. The molecule has 1 amide bonds. The summed E-state index contributed by atoms with van der Waals surface area (Å²) in [5.74, 6) is 0.581. The molecule has 0 radical (unpaired) electrons. The number of likely N-dealkylation sites (tertiary alicyclic amines) is 1. The molecule has 0 bridgehead atoms. The number of pyridine rings is 1. The molecule has 3 aromatic heterocycles. The zero-order valence-electron chi connectivity index (χ0n) is 27.3. The van der Waals surface area contributed by atoms with Gasteiger partial charge in [0.2, 0.25) is 5.89 Å². The number of nitrogens with one attached hydrogen (secondary N) is 1. The monoisotopic (exact) mass is 653 g/mol. The molecule has 1 atom stereocenters. The molecule has 1 fully saturated rings. The van der Waals surface area contributed by atoms with Gasteiger partial charge in [0.15, 0.2) is 11.4 Å². The lowest BCUT2D eigenvalue weighted by atomic mass is 9.95. The van der Waals surface area contributed by atoms with Gasteiger partial charge in [-0.2, -0.15) is 0 Å². The van der Waals surface area contributed by atoms with Crippen molar-refractivity contribution in [2.75, 3.05) is 31.5 Å². The lowest BCUT2D eigenvalue weighted by Crippen LogP contribution is -2.36. The second kappa shape index (κ2) is 12.8. The first-order valence-electron chi connectivity index (χ1n) is 16.3. The van der Waals surface area contributed by atoms with Gasteiger partial charge in [0.1, 0.15) is 5.52 Å². The predicted octanol–water partition coefficient (Wildman–Crippen LogP) is 6.15. The Bertz CT molecular complexity index is 1980. The summed E-state index contributed by atoms with van der Waals surface area (Å²) in [4.78, 5) is 32.3. The number of nitrogens with zero attached hydrogens (tertiary/aromatic N) is 6. The van der Waals surface area contributed by atoms with Gasteiger partial charge in [0.05, 0.1) is 22.4 Å². The van der Waals surface area contributed by atoms with Crippen LogP contribution in [0.4, 0.5) is 5.69 Å². The molecule has 1 unspecified atom stereocenters. The summed E-state index contributed by atoms with van der Waals surface area (Å²) >= 11 is 6.68. The van der Waals surface area contributed by atoms with Gasteiger partial charge in [-0.15, -0.1) is 0 Å². The van der Waals surface area contributed by atoms with E-state index in [1.54, 1.807) is 13.1 Å². The Morgan fingerprint density at radius 3 is 2.62 bits per heavy atom. The first-order chi connectivity index (χ1) is 22.7. The van der Waals surface area contributed by atoms with Gasteiger partial charge >= 0.3 is 0 Å². The minimum atomic E-state index is -0.413. The average molecular weight is 654 g/mol. The zero-order chi connectivity index (χ0) is 32.8. The smallest absolute Gasteiger partial charge is 0.291 e. The van der Waals surface area contributed by atoms with Crippen LogP contribution in [0, 0.1) is 13.8 Å². The fourth-order valence-corrected chi connectivity index (χ4v) is 7.30. The van der Waals surface area contributed by atoms with Crippen molar-refractivity contribution in [3.63, 3.8) is 0 Å². The van der Waals surface area contributed by atoms with Crippen molar-refractivity contribution in [1.82, 2.24) is 29.3 Å². The SMILES string of the molecule is Cc1c(NC(=O)c2nc3c(n2C)CCN(CC(C)O)C3)cccc1-c1cncc(-c2nc3cc(CN4CCCC4)cc(Cl)c3o2)c1C. The number of carbonyl (C=O) groups is 1. The Labute approximate surface area is 279 Å². The number of halogens is 1. The molecule has 2 aromatic carbocycles. The molecule has 2 aliphatic heterocycles. The van der Waals surface area contributed by atoms with Gasteiger partial charge < -0.3 is 19.4 Å². The standard InChI is InChI=1S/C36H40ClN7O3/c1-21(45)18-44-13-10-32-31(20-44)39-34(42(32)4)35(46)40-29-9-7-8-25(23(29)3)26-16-38-17-27(22(26)2)36-41-30-15-24(14-28(37)33(30)47-36)19-43-11-5-6-12-43/h7-9,14-17,21,45H,5-6,10-13,18-20H2,1-4H3,(H,40,46). The quantitative estimate of drug-likeness (QED) is 0.205. The van der Waals surface area contributed by atoms with Crippen molar-refractivity contribution < 1.29 is 14.3 Å². The number of imidazole rings is 1. The highest BCUT2D eigenvalue weighted by Crippen LogP contribution is 2.37. The molecule has 7 rings (SSSR count). The average Bonchev–Trinajstić information content (AvgIpc) is 3.78. The number of aliphatic hydroxyl groups is 1. The second-order valence-corrected chi connectivity index (χ2v) is 13.3. The first kappa shape index (κ1) is 31.5. The number of aliphatic hydroxyl groups excluding tert-OH is 1. The van der Waals surface area contributed by atoms with E-state index in [1.165, 1.54) is 12.8 Å². The van der Waals surface area contributed by atoms with E-state index in [-0.39, 0.29) is 5.91 Å². The lowest BCUT2D eigenvalue weighted by Gasteiger charge is -2.27. The summed E-state index contributed by atoms with van der Waals surface area (Å²) in [6.45, 7) is 10.9. The van der Waals surface area contributed by atoms with Crippen LogP contribution in [-0.2, 0) is 26.6 Å². The highest BCUT2D eigenvalue weighted by molar-refractivity contribution is 6.34. The first-order valence-corrected chi connectivity index (χ1v) is 16.7. The van der Waals surface area contributed by atoms with E-state index >= 15 is 0 Å². The van der Waals surface area contributed by atoms with Crippen molar-refractivity contribution in [1.29, 1.82) is 0 Å². The maximum atomic E-state index is 13.6. The van der Waals surface area contributed by atoms with Crippen LogP contribution in [0.5, 0.6) is 0 Å². The van der Waals surface area contributed by atoms with Crippen molar-refractivity contribution in [3.05, 3.63) is 81.7 Å². The Balaban J connectivity index is 1.15. The van der Waals surface area contributed by atoms with Crippen molar-refractivity contribution in [2.45, 2.75) is 59.2 Å². The van der Waals surface area contributed by atoms with Gasteiger partial charge in [-0.1, -0.05) is 23.7 Å². The molecule has 0 spiro atoms. The van der Waals surface area contributed by atoms with Crippen LogP contribution in [0.15, 0.2) is 47.1 Å². The summed E-state index contributed by atoms with van der Waals surface area (Å²) < 4.78 is 8.12. The maximum Gasteiger partial charge on any atom is 0.291 e. The van der Waals surface area contributed by atoms with Crippen molar-refractivity contribution in [3.8, 4) is 22.6 Å². The predicted molar refractivity (Wildman–Crippen MR) is 183 cm³/mol. The number of benzene rings is 2. The Morgan fingerprint density at radius 2 is 1.83 bits per heavy atom. The molecule has 0 aliphatic carbocycles. The molecule has 47 heavy (non-hydrogen) atoms. The molecule has 1 saturated heterocycles. The van der Waals surface area contributed by atoms with Crippen LogP contribution in [0.1, 0.15) is 58.5 Å². The molecule has 2 aliphatic rings. The van der Waals surface area contributed by atoms with Gasteiger partial charge in [0.25, 0.3) is 5.91 Å². The number of carbonyl (C=O) groups excluding carboxylic acids is 1. The van der Waals surface area contributed by atoms with Crippen LogP contribution >= 0.6 is 11.6 Å². The second-order valence-electron chi connectivity index (χ2n) is 12.9. The zero-order valence-corrected chi connectivity index (χ0v) is 28.1. The summed E-state index contributed by atoms with van der Waals surface area (Å²) in [6.07, 6.45) is 6.44. The molecule has 0 saturated carbocycles. The number of fused-ring (bicyclic) bond motifs is 2. The van der Waals surface area contributed by atoms with E-state index in [0.717, 1.165) is 82.9 Å². The van der Waals surface area contributed by atoms with Crippen molar-refractivity contribution in [2.24, 2.45) is 7.05 Å². The van der Waals surface area contributed by atoms with E-state index in [4.69, 9.17) is 26.0 Å². The minimum absolute atomic E-state index is 0.264. The molecule has 11 heteroatoms. The highest BCUT2D eigenvalue weighted by atomic mass is 35.5. The summed E-state index contributed by atoms with van der Waals surface area (Å²) in [7, 11) is 1.89. The van der Waals surface area contributed by atoms with Crippen LogP contribution in [0.25, 0.3) is 33.7 Å². The largest absolute Gasteiger partial charge is 0.434 e. The lowest BCUT2D eigenvalue weighted by molar-refractivity contribution is 0.101. The molecule has 5 heterocycles. The van der Waals surface area contributed by atoms with E-state index < -0.39 is 6.10 Å². The van der Waals surface area contributed by atoms with Crippen LogP contribution in [0.2, 0.25) is 5.02 Å². The number of rotatable bonds is 8. The molecule has 5 aromatic rings. The number of amides is 1. The number of aromatic nitrogens is 4. The summed E-state index contributed by atoms with van der Waals surface area (Å²) in [5.41, 5.74) is 9.62. The number of anilines is 1. The number of hydrogen-bond donors (Lipinski definition) is 2. The maximum absolute atomic E-state index is 13.6.